The van der Waals surface area contributed by atoms with E-state index in [1.165, 1.54) is 31.3 Å². The number of carbonyl (C=O) groups excluding carboxylic acids is 2. The van der Waals surface area contributed by atoms with Crippen LogP contribution >= 0.6 is 0 Å². The molecule has 4 aromatic rings. The van der Waals surface area contributed by atoms with Crippen molar-refractivity contribution in [1.29, 1.82) is 0 Å². The third kappa shape index (κ3) is 4.87. The molecule has 4 rings (SSSR count). The van der Waals surface area contributed by atoms with Crippen molar-refractivity contribution in [2.24, 2.45) is 0 Å². The molecular weight excluding hydrogens is 454 g/mol. The molecule has 1 aromatic heterocycles. The van der Waals surface area contributed by atoms with Crippen molar-refractivity contribution in [1.82, 2.24) is 25.4 Å². The van der Waals surface area contributed by atoms with Gasteiger partial charge in [0.1, 0.15) is 5.69 Å². The third-order valence-electron chi connectivity index (χ3n) is 5.01. The second-order valence-electron chi connectivity index (χ2n) is 7.18. The van der Waals surface area contributed by atoms with Crippen molar-refractivity contribution < 1.29 is 18.0 Å². The molecular formula is C24H21N5O4S. The predicted molar refractivity (Wildman–Crippen MR) is 127 cm³/mol. The zero-order chi connectivity index (χ0) is 24.1. The first-order valence-electron chi connectivity index (χ1n) is 10.2. The molecule has 1 heterocycles. The summed E-state index contributed by atoms with van der Waals surface area (Å²) in [4.78, 5) is 25.5. The summed E-state index contributed by atoms with van der Waals surface area (Å²) in [6.45, 7) is 0. The van der Waals surface area contributed by atoms with Gasteiger partial charge < -0.3 is 0 Å². The van der Waals surface area contributed by atoms with Gasteiger partial charge in [-0.1, -0.05) is 48.5 Å². The molecule has 172 valence electrons. The Labute approximate surface area is 196 Å². The lowest BCUT2D eigenvalue weighted by atomic mass is 10.1. The van der Waals surface area contributed by atoms with Crippen molar-refractivity contribution in [3.63, 3.8) is 0 Å². The van der Waals surface area contributed by atoms with Gasteiger partial charge in [-0.3, -0.25) is 20.4 Å². The Bertz CT molecular complexity index is 1420. The first-order valence-corrected chi connectivity index (χ1v) is 11.7. The van der Waals surface area contributed by atoms with Gasteiger partial charge in [0.2, 0.25) is 10.0 Å². The van der Waals surface area contributed by atoms with Gasteiger partial charge in [0.25, 0.3) is 11.8 Å². The molecule has 0 aliphatic rings. The van der Waals surface area contributed by atoms with Crippen LogP contribution < -0.4 is 15.6 Å². The van der Waals surface area contributed by atoms with Gasteiger partial charge in [-0.05, 0) is 43.4 Å². The number of carbonyl (C=O) groups is 2. The highest BCUT2D eigenvalue weighted by atomic mass is 32.2. The van der Waals surface area contributed by atoms with E-state index in [-0.39, 0.29) is 16.0 Å². The summed E-state index contributed by atoms with van der Waals surface area (Å²) >= 11 is 0. The van der Waals surface area contributed by atoms with E-state index in [1.54, 1.807) is 10.9 Å². The summed E-state index contributed by atoms with van der Waals surface area (Å²) in [6, 6.07) is 23.9. The Kier molecular flexibility index (Phi) is 6.53. The lowest BCUT2D eigenvalue weighted by Gasteiger charge is -2.08. The van der Waals surface area contributed by atoms with E-state index >= 15 is 0 Å². The number of hydrogen-bond acceptors (Lipinski definition) is 5. The molecule has 0 aliphatic heterocycles. The average molecular weight is 476 g/mol. The average Bonchev–Trinajstić information content (AvgIpc) is 3.34. The molecule has 34 heavy (non-hydrogen) atoms. The van der Waals surface area contributed by atoms with Gasteiger partial charge in [0.05, 0.1) is 16.1 Å². The van der Waals surface area contributed by atoms with E-state index in [1.807, 2.05) is 60.7 Å². The molecule has 0 unspecified atom stereocenters. The van der Waals surface area contributed by atoms with Crippen molar-refractivity contribution in [3.05, 3.63) is 102 Å². The van der Waals surface area contributed by atoms with Crippen LogP contribution in [0, 0.1) is 0 Å². The quantitative estimate of drug-likeness (QED) is 0.370. The monoisotopic (exact) mass is 475 g/mol. The number of para-hydroxylation sites is 1. The number of sulfonamides is 1. The van der Waals surface area contributed by atoms with Gasteiger partial charge in [-0.25, -0.2) is 17.8 Å². The summed E-state index contributed by atoms with van der Waals surface area (Å²) in [7, 11) is -2.31. The lowest BCUT2D eigenvalue weighted by Crippen LogP contribution is -2.41. The normalized spacial score (nSPS) is 11.1. The number of hydrogen-bond donors (Lipinski definition) is 3. The maximum absolute atomic E-state index is 13.0. The molecule has 0 saturated heterocycles. The Hall–Kier alpha value is -4.28. The molecule has 10 heteroatoms. The summed E-state index contributed by atoms with van der Waals surface area (Å²) in [5.41, 5.74) is 7.19. The van der Waals surface area contributed by atoms with E-state index < -0.39 is 21.8 Å². The van der Waals surface area contributed by atoms with Crippen LogP contribution in [-0.4, -0.2) is 37.1 Å². The summed E-state index contributed by atoms with van der Waals surface area (Å²) in [6.07, 6.45) is 1.59. The number of nitrogens with zero attached hydrogens (tertiary/aromatic N) is 2. The van der Waals surface area contributed by atoms with Crippen LogP contribution in [0.3, 0.4) is 0 Å². The minimum Gasteiger partial charge on any atom is -0.267 e. The number of rotatable bonds is 6. The second-order valence-corrected chi connectivity index (χ2v) is 9.06. The largest absolute Gasteiger partial charge is 0.273 e. The molecule has 0 bridgehead atoms. The predicted octanol–water partition coefficient (Wildman–Crippen LogP) is 2.52. The van der Waals surface area contributed by atoms with Crippen molar-refractivity contribution in [2.75, 3.05) is 7.05 Å². The molecule has 9 nitrogen and oxygen atoms in total. The van der Waals surface area contributed by atoms with E-state index in [9.17, 15) is 18.0 Å². The molecule has 0 aliphatic carbocycles. The fraction of sp³-hybridized carbons (Fsp3) is 0.0417. The maximum Gasteiger partial charge on any atom is 0.273 e. The number of benzene rings is 3. The maximum atomic E-state index is 13.0. The fourth-order valence-electron chi connectivity index (χ4n) is 3.22. The smallest absolute Gasteiger partial charge is 0.267 e. The Morgan fingerprint density at radius 1 is 0.794 bits per heavy atom. The molecule has 0 fully saturated rings. The number of hydrazine groups is 1. The van der Waals surface area contributed by atoms with E-state index in [4.69, 9.17) is 0 Å². The molecule has 0 saturated carbocycles. The SMILES string of the molecule is CNS(=O)(=O)c1ccc(C(=O)NNC(=O)c2cn(-c3ccccc3)nc2-c2ccccc2)cc1. The Balaban J connectivity index is 1.55. The van der Waals surface area contributed by atoms with Gasteiger partial charge in [0.15, 0.2) is 0 Å². The molecule has 0 spiro atoms. The highest BCUT2D eigenvalue weighted by Gasteiger charge is 2.20. The molecule has 0 atom stereocenters. The zero-order valence-corrected chi connectivity index (χ0v) is 18.9. The van der Waals surface area contributed by atoms with Crippen LogP contribution in [0.4, 0.5) is 0 Å². The third-order valence-corrected chi connectivity index (χ3v) is 6.44. The zero-order valence-electron chi connectivity index (χ0n) is 18.1. The summed E-state index contributed by atoms with van der Waals surface area (Å²) in [5, 5.41) is 4.58. The number of nitrogens with one attached hydrogen (secondary N) is 3. The van der Waals surface area contributed by atoms with E-state index in [0.29, 0.717) is 5.69 Å². The van der Waals surface area contributed by atoms with Gasteiger partial charge in [0, 0.05) is 17.3 Å². The number of amides is 2. The first-order chi connectivity index (χ1) is 16.4. The topological polar surface area (TPSA) is 122 Å². The van der Waals surface area contributed by atoms with Gasteiger partial charge >= 0.3 is 0 Å². The second kappa shape index (κ2) is 9.69. The number of aromatic nitrogens is 2. The summed E-state index contributed by atoms with van der Waals surface area (Å²) in [5.74, 6) is -1.15. The molecule has 3 N–H and O–H groups in total. The van der Waals surface area contributed by atoms with Gasteiger partial charge in [-0.2, -0.15) is 5.10 Å². The molecule has 2 amide bonds. The van der Waals surface area contributed by atoms with Crippen molar-refractivity contribution >= 4 is 21.8 Å². The fourth-order valence-corrected chi connectivity index (χ4v) is 3.95. The first kappa shape index (κ1) is 22.9. The van der Waals surface area contributed by atoms with E-state index in [2.05, 4.69) is 20.7 Å². The standard InChI is InChI=1S/C24H21N5O4S/c1-25-34(32,33)20-14-12-18(13-15-20)23(30)26-27-24(31)21-16-29(19-10-6-3-7-11-19)28-22(21)17-8-4-2-5-9-17/h2-16,25H,1H3,(H,26,30)(H,27,31). The summed E-state index contributed by atoms with van der Waals surface area (Å²) < 4.78 is 27.5. The van der Waals surface area contributed by atoms with Crippen LogP contribution in [0.2, 0.25) is 0 Å². The molecule has 0 radical (unpaired) electrons. The minimum atomic E-state index is -3.61. The van der Waals surface area contributed by atoms with Crippen LogP contribution in [0.25, 0.3) is 16.9 Å². The van der Waals surface area contributed by atoms with Gasteiger partial charge in [-0.15, -0.1) is 0 Å². The Morgan fingerprint density at radius 2 is 1.38 bits per heavy atom. The molecule has 3 aromatic carbocycles. The van der Waals surface area contributed by atoms with Crippen LogP contribution in [-0.2, 0) is 10.0 Å². The lowest BCUT2D eigenvalue weighted by molar-refractivity contribution is 0.0847. The van der Waals surface area contributed by atoms with E-state index in [0.717, 1.165) is 11.3 Å². The highest BCUT2D eigenvalue weighted by Crippen LogP contribution is 2.23. The minimum absolute atomic E-state index is 0.0245. The van der Waals surface area contributed by atoms with Crippen LogP contribution in [0.5, 0.6) is 0 Å². The van der Waals surface area contributed by atoms with Crippen molar-refractivity contribution in [2.45, 2.75) is 4.90 Å². The van der Waals surface area contributed by atoms with Crippen molar-refractivity contribution in [3.8, 4) is 16.9 Å². The van der Waals surface area contributed by atoms with Crippen LogP contribution in [0.15, 0.2) is 96.0 Å². The van der Waals surface area contributed by atoms with Crippen LogP contribution in [0.1, 0.15) is 20.7 Å². The Morgan fingerprint density at radius 3 is 2.00 bits per heavy atom. The highest BCUT2D eigenvalue weighted by molar-refractivity contribution is 7.89.